The third-order valence-corrected chi connectivity index (χ3v) is 4.55. The number of hydrogen-bond donors (Lipinski definition) is 2. The molecular formula is C20H26ClN2O3+. The van der Waals surface area contributed by atoms with Crippen LogP contribution in [0.4, 0.5) is 0 Å². The van der Waals surface area contributed by atoms with Crippen LogP contribution in [0.25, 0.3) is 0 Å². The van der Waals surface area contributed by atoms with E-state index in [4.69, 9.17) is 21.1 Å². The zero-order valence-corrected chi connectivity index (χ0v) is 16.2. The van der Waals surface area contributed by atoms with Gasteiger partial charge in [0.2, 0.25) is 0 Å². The molecule has 6 heteroatoms. The summed E-state index contributed by atoms with van der Waals surface area (Å²) in [4.78, 5) is 13.3. The van der Waals surface area contributed by atoms with Crippen LogP contribution in [0, 0.1) is 0 Å². The molecule has 1 unspecified atom stereocenters. The van der Waals surface area contributed by atoms with Gasteiger partial charge in [-0.25, -0.2) is 0 Å². The van der Waals surface area contributed by atoms with Crippen molar-refractivity contribution in [2.75, 3.05) is 34.4 Å². The quantitative estimate of drug-likeness (QED) is 0.699. The molecule has 0 saturated carbocycles. The molecule has 0 bridgehead atoms. The van der Waals surface area contributed by atoms with Crippen molar-refractivity contribution >= 4 is 17.5 Å². The lowest BCUT2D eigenvalue weighted by Crippen LogP contribution is -3.10. The topological polar surface area (TPSA) is 52.0 Å². The Bertz CT molecular complexity index is 737. The molecule has 0 aliphatic carbocycles. The van der Waals surface area contributed by atoms with Gasteiger partial charge in [-0.15, -0.1) is 0 Å². The third kappa shape index (κ3) is 5.93. The molecule has 140 valence electrons. The van der Waals surface area contributed by atoms with Gasteiger partial charge in [0.25, 0.3) is 5.91 Å². The van der Waals surface area contributed by atoms with Gasteiger partial charge in [0.1, 0.15) is 0 Å². The Balaban J connectivity index is 1.78. The van der Waals surface area contributed by atoms with Gasteiger partial charge in [0.15, 0.2) is 18.0 Å². The van der Waals surface area contributed by atoms with E-state index in [0.29, 0.717) is 18.1 Å². The molecule has 2 aromatic rings. The van der Waals surface area contributed by atoms with Crippen LogP contribution < -0.4 is 19.7 Å². The van der Waals surface area contributed by atoms with E-state index in [9.17, 15) is 4.79 Å². The Hall–Kier alpha value is -2.24. The highest BCUT2D eigenvalue weighted by molar-refractivity contribution is 6.31. The van der Waals surface area contributed by atoms with Gasteiger partial charge in [-0.3, -0.25) is 4.79 Å². The van der Waals surface area contributed by atoms with Crippen LogP contribution in [0.1, 0.15) is 11.1 Å². The van der Waals surface area contributed by atoms with Crippen LogP contribution in [0.3, 0.4) is 0 Å². The van der Waals surface area contributed by atoms with Gasteiger partial charge >= 0.3 is 0 Å². The smallest absolute Gasteiger partial charge is 0.275 e. The number of halogens is 1. The van der Waals surface area contributed by atoms with Gasteiger partial charge in [-0.1, -0.05) is 35.9 Å². The summed E-state index contributed by atoms with van der Waals surface area (Å²) in [6, 6.07) is 13.4. The zero-order valence-electron chi connectivity index (χ0n) is 15.5. The van der Waals surface area contributed by atoms with E-state index < -0.39 is 0 Å². The molecular weight excluding hydrogens is 352 g/mol. The lowest BCUT2D eigenvalue weighted by molar-refractivity contribution is -0.871. The number of benzene rings is 2. The summed E-state index contributed by atoms with van der Waals surface area (Å²) >= 11 is 6.10. The van der Waals surface area contributed by atoms with E-state index in [1.54, 1.807) is 14.2 Å². The standard InChI is InChI=1S/C20H25ClN2O3/c1-23(11-10-15-8-9-18(25-2)19(12-15)26-3)14-20(24)22-13-16-6-4-5-7-17(16)21/h4-9,12H,10-11,13-14H2,1-3H3,(H,22,24)/p+1. The van der Waals surface area contributed by atoms with Gasteiger partial charge in [0, 0.05) is 18.0 Å². The second-order valence-electron chi connectivity index (χ2n) is 6.19. The summed E-state index contributed by atoms with van der Waals surface area (Å²) in [5.41, 5.74) is 2.07. The summed E-state index contributed by atoms with van der Waals surface area (Å²) in [6.45, 7) is 1.70. The fourth-order valence-corrected chi connectivity index (χ4v) is 2.86. The van der Waals surface area contributed by atoms with Crippen molar-refractivity contribution in [3.05, 3.63) is 58.6 Å². The van der Waals surface area contributed by atoms with Crippen molar-refractivity contribution < 1.29 is 19.2 Å². The summed E-state index contributed by atoms with van der Waals surface area (Å²) < 4.78 is 10.6. The summed E-state index contributed by atoms with van der Waals surface area (Å²) in [5.74, 6) is 1.45. The summed E-state index contributed by atoms with van der Waals surface area (Å²) in [6.07, 6.45) is 0.851. The average molecular weight is 378 g/mol. The van der Waals surface area contributed by atoms with Crippen molar-refractivity contribution in [3.63, 3.8) is 0 Å². The molecule has 0 aliphatic heterocycles. The molecule has 0 heterocycles. The molecule has 5 nitrogen and oxygen atoms in total. The molecule has 2 rings (SSSR count). The van der Waals surface area contributed by atoms with Crippen LogP contribution in [-0.4, -0.2) is 40.3 Å². The van der Waals surface area contributed by atoms with E-state index >= 15 is 0 Å². The van der Waals surface area contributed by atoms with Crippen molar-refractivity contribution in [3.8, 4) is 11.5 Å². The second kappa shape index (κ2) is 10.0. The fourth-order valence-electron chi connectivity index (χ4n) is 2.65. The molecule has 26 heavy (non-hydrogen) atoms. The number of methoxy groups -OCH3 is 2. The predicted molar refractivity (Wildman–Crippen MR) is 103 cm³/mol. The maximum Gasteiger partial charge on any atom is 0.275 e. The first kappa shape index (κ1) is 20.1. The van der Waals surface area contributed by atoms with Crippen LogP contribution in [0.5, 0.6) is 11.5 Å². The van der Waals surface area contributed by atoms with Crippen LogP contribution in [0.2, 0.25) is 5.02 Å². The maximum atomic E-state index is 12.1. The number of hydrogen-bond acceptors (Lipinski definition) is 3. The van der Waals surface area contributed by atoms with Crippen LogP contribution >= 0.6 is 11.6 Å². The van der Waals surface area contributed by atoms with E-state index in [-0.39, 0.29) is 5.91 Å². The van der Waals surface area contributed by atoms with Crippen LogP contribution in [-0.2, 0) is 17.8 Å². The first-order valence-electron chi connectivity index (χ1n) is 8.55. The van der Waals surface area contributed by atoms with Crippen molar-refractivity contribution in [2.45, 2.75) is 13.0 Å². The van der Waals surface area contributed by atoms with E-state index in [0.717, 1.165) is 40.5 Å². The molecule has 1 amide bonds. The number of carbonyl (C=O) groups is 1. The number of ether oxygens (including phenoxy) is 2. The highest BCUT2D eigenvalue weighted by Crippen LogP contribution is 2.27. The van der Waals surface area contributed by atoms with Crippen LogP contribution in [0.15, 0.2) is 42.5 Å². The SMILES string of the molecule is COc1ccc(CC[NH+](C)CC(=O)NCc2ccccc2Cl)cc1OC. The molecule has 0 radical (unpaired) electrons. The molecule has 2 aromatic carbocycles. The number of rotatable bonds is 9. The van der Waals surface area contributed by atoms with Gasteiger partial charge in [-0.2, -0.15) is 0 Å². The first-order chi connectivity index (χ1) is 12.5. The fraction of sp³-hybridized carbons (Fsp3) is 0.350. The molecule has 0 aromatic heterocycles. The maximum absolute atomic E-state index is 12.1. The molecule has 0 fully saturated rings. The molecule has 1 atom stereocenters. The molecule has 0 aliphatic rings. The highest BCUT2D eigenvalue weighted by Gasteiger charge is 2.11. The zero-order chi connectivity index (χ0) is 18.9. The number of quaternary nitrogens is 1. The normalized spacial score (nSPS) is 11.7. The van der Waals surface area contributed by atoms with Crippen molar-refractivity contribution in [1.82, 2.24) is 5.32 Å². The van der Waals surface area contributed by atoms with E-state index in [2.05, 4.69) is 5.32 Å². The Morgan fingerprint density at radius 3 is 2.54 bits per heavy atom. The Morgan fingerprint density at radius 1 is 1.12 bits per heavy atom. The van der Waals surface area contributed by atoms with Crippen molar-refractivity contribution in [1.29, 1.82) is 0 Å². The number of amides is 1. The monoisotopic (exact) mass is 377 g/mol. The van der Waals surface area contributed by atoms with Crippen molar-refractivity contribution in [2.24, 2.45) is 0 Å². The van der Waals surface area contributed by atoms with E-state index in [1.165, 1.54) is 0 Å². The van der Waals surface area contributed by atoms with Gasteiger partial charge < -0.3 is 19.7 Å². The largest absolute Gasteiger partial charge is 0.493 e. The minimum Gasteiger partial charge on any atom is -0.493 e. The highest BCUT2D eigenvalue weighted by atomic mass is 35.5. The predicted octanol–water partition coefficient (Wildman–Crippen LogP) is 1.73. The molecule has 0 saturated heterocycles. The lowest BCUT2D eigenvalue weighted by atomic mass is 10.1. The minimum atomic E-state index is 0.00901. The first-order valence-corrected chi connectivity index (χ1v) is 8.93. The number of nitrogens with one attached hydrogen (secondary N) is 2. The average Bonchev–Trinajstić information content (AvgIpc) is 2.65. The summed E-state index contributed by atoms with van der Waals surface area (Å²) in [5, 5.41) is 3.59. The Labute approximate surface area is 159 Å². The van der Waals surface area contributed by atoms with E-state index in [1.807, 2.05) is 49.5 Å². The number of likely N-dealkylation sites (N-methyl/N-ethyl adjacent to an activating group) is 1. The number of carbonyl (C=O) groups excluding carboxylic acids is 1. The summed E-state index contributed by atoms with van der Waals surface area (Å²) in [7, 11) is 5.26. The van der Waals surface area contributed by atoms with Gasteiger partial charge in [-0.05, 0) is 29.3 Å². The Morgan fingerprint density at radius 2 is 1.85 bits per heavy atom. The molecule has 0 spiro atoms. The third-order valence-electron chi connectivity index (χ3n) is 4.18. The Kier molecular flexibility index (Phi) is 7.75. The lowest BCUT2D eigenvalue weighted by Gasteiger charge is -2.15. The molecule has 2 N–H and O–H groups in total. The van der Waals surface area contributed by atoms with Gasteiger partial charge in [0.05, 0.1) is 27.8 Å². The minimum absolute atomic E-state index is 0.00901. The second-order valence-corrected chi connectivity index (χ2v) is 6.60.